The van der Waals surface area contributed by atoms with E-state index in [9.17, 15) is 18.0 Å². The number of sulfonamides is 1. The lowest BCUT2D eigenvalue weighted by atomic mass is 10.0. The number of fused-ring (bicyclic) bond motifs is 2. The standard InChI is InChI=1S/C20H26N4O5S/c25-19-13-29-18-6-7-22(12-17(18)21-19)20(26)23-8-14-10-24(11-15(14)9-23)30(27,28)16-4-2-1-3-5-16/h1-5,14-15,17-18H,6-13H2,(H,21,25)/t14?,15?,17-,18+/m1/s1. The Balaban J connectivity index is 1.20. The Bertz CT molecular complexity index is 926. The first-order chi connectivity index (χ1) is 14.4. The first-order valence-corrected chi connectivity index (χ1v) is 11.9. The molecule has 2 unspecified atom stereocenters. The van der Waals surface area contributed by atoms with Crippen LogP contribution in [0.25, 0.3) is 0 Å². The van der Waals surface area contributed by atoms with Crippen molar-refractivity contribution in [3.05, 3.63) is 30.3 Å². The largest absolute Gasteiger partial charge is 0.366 e. The van der Waals surface area contributed by atoms with Crippen LogP contribution in [0.1, 0.15) is 6.42 Å². The molecule has 3 amide bonds. The van der Waals surface area contributed by atoms with E-state index in [0.29, 0.717) is 50.6 Å². The zero-order valence-corrected chi connectivity index (χ0v) is 17.5. The van der Waals surface area contributed by atoms with E-state index in [-0.39, 0.29) is 42.5 Å². The van der Waals surface area contributed by atoms with Gasteiger partial charge in [-0.25, -0.2) is 13.2 Å². The molecular formula is C20H26N4O5S. The number of nitrogens with zero attached hydrogens (tertiary/aromatic N) is 3. The fourth-order valence-electron chi connectivity index (χ4n) is 5.12. The minimum absolute atomic E-state index is 0.0264. The van der Waals surface area contributed by atoms with Gasteiger partial charge in [0.2, 0.25) is 15.9 Å². The van der Waals surface area contributed by atoms with Crippen molar-refractivity contribution in [3.63, 3.8) is 0 Å². The van der Waals surface area contributed by atoms with Gasteiger partial charge in [0.1, 0.15) is 6.61 Å². The number of urea groups is 1. The van der Waals surface area contributed by atoms with Gasteiger partial charge in [0, 0.05) is 39.3 Å². The van der Waals surface area contributed by atoms with Crippen molar-refractivity contribution in [2.24, 2.45) is 11.8 Å². The van der Waals surface area contributed by atoms with Gasteiger partial charge in [-0.1, -0.05) is 18.2 Å². The highest BCUT2D eigenvalue weighted by molar-refractivity contribution is 7.89. The summed E-state index contributed by atoms with van der Waals surface area (Å²) >= 11 is 0. The Kier molecular flexibility index (Phi) is 4.95. The lowest BCUT2D eigenvalue weighted by Gasteiger charge is -2.42. The molecule has 4 fully saturated rings. The SMILES string of the molecule is O=C1CO[C@H]2CCN(C(=O)N3CC4CN(S(=O)(=O)c5ccccc5)CC4C3)C[C@H]2N1. The lowest BCUT2D eigenvalue weighted by Crippen LogP contribution is -2.62. The van der Waals surface area contributed by atoms with Gasteiger partial charge in [0.15, 0.2) is 0 Å². The third kappa shape index (κ3) is 3.46. The first-order valence-electron chi connectivity index (χ1n) is 10.4. The van der Waals surface area contributed by atoms with E-state index in [1.807, 2.05) is 4.90 Å². The summed E-state index contributed by atoms with van der Waals surface area (Å²) in [5.41, 5.74) is 0. The van der Waals surface area contributed by atoms with Crippen molar-refractivity contribution in [2.75, 3.05) is 45.9 Å². The van der Waals surface area contributed by atoms with Crippen molar-refractivity contribution in [1.29, 1.82) is 0 Å². The zero-order chi connectivity index (χ0) is 20.9. The van der Waals surface area contributed by atoms with Gasteiger partial charge < -0.3 is 19.9 Å². The highest BCUT2D eigenvalue weighted by Gasteiger charge is 2.47. The van der Waals surface area contributed by atoms with Crippen LogP contribution in [0.4, 0.5) is 4.79 Å². The molecule has 0 aliphatic carbocycles. The van der Waals surface area contributed by atoms with Gasteiger partial charge in [-0.3, -0.25) is 4.79 Å². The van der Waals surface area contributed by atoms with E-state index in [1.54, 1.807) is 39.5 Å². The fourth-order valence-corrected chi connectivity index (χ4v) is 6.69. The van der Waals surface area contributed by atoms with Crippen LogP contribution >= 0.6 is 0 Å². The zero-order valence-electron chi connectivity index (χ0n) is 16.6. The topological polar surface area (TPSA) is 99.3 Å². The number of carbonyl (C=O) groups excluding carboxylic acids is 2. The number of hydrogen-bond donors (Lipinski definition) is 1. The summed E-state index contributed by atoms with van der Waals surface area (Å²) in [6, 6.07) is 8.32. The summed E-state index contributed by atoms with van der Waals surface area (Å²) in [5, 5.41) is 2.92. The molecule has 4 heterocycles. The maximum atomic E-state index is 13.1. The third-order valence-corrected chi connectivity index (χ3v) is 8.54. The Morgan fingerprint density at radius 3 is 2.40 bits per heavy atom. The van der Waals surface area contributed by atoms with Crippen molar-refractivity contribution < 1.29 is 22.7 Å². The molecule has 0 radical (unpaired) electrons. The van der Waals surface area contributed by atoms with Crippen LogP contribution < -0.4 is 5.32 Å². The number of amides is 3. The molecule has 1 aromatic rings. The van der Waals surface area contributed by atoms with E-state index in [2.05, 4.69) is 5.32 Å². The van der Waals surface area contributed by atoms with Crippen LogP contribution in [-0.2, 0) is 19.6 Å². The molecule has 0 saturated carbocycles. The molecule has 0 aromatic heterocycles. The summed E-state index contributed by atoms with van der Waals surface area (Å²) < 4.78 is 32.9. The van der Waals surface area contributed by atoms with E-state index < -0.39 is 10.0 Å². The fraction of sp³-hybridized carbons (Fsp3) is 0.600. The summed E-state index contributed by atoms with van der Waals surface area (Å²) in [6.07, 6.45) is 0.682. The van der Waals surface area contributed by atoms with E-state index in [4.69, 9.17) is 4.74 Å². The number of likely N-dealkylation sites (tertiary alicyclic amines) is 2. The molecule has 162 valence electrons. The second-order valence-corrected chi connectivity index (χ2v) is 10.5. The number of carbonyl (C=O) groups is 2. The average Bonchev–Trinajstić information content (AvgIpc) is 3.33. The number of morpholine rings is 1. The molecule has 0 bridgehead atoms. The summed E-state index contributed by atoms with van der Waals surface area (Å²) in [5.74, 6) is 0.173. The van der Waals surface area contributed by atoms with Crippen LogP contribution in [0.2, 0.25) is 0 Å². The molecule has 4 atom stereocenters. The minimum atomic E-state index is -3.49. The molecule has 1 N–H and O–H groups in total. The predicted molar refractivity (Wildman–Crippen MR) is 107 cm³/mol. The molecule has 1 aromatic carbocycles. The highest BCUT2D eigenvalue weighted by Crippen LogP contribution is 2.35. The molecule has 4 aliphatic heterocycles. The van der Waals surface area contributed by atoms with E-state index in [1.165, 1.54) is 0 Å². The number of hydrogen-bond acceptors (Lipinski definition) is 5. The number of nitrogens with one attached hydrogen (secondary N) is 1. The minimum Gasteiger partial charge on any atom is -0.366 e. The lowest BCUT2D eigenvalue weighted by molar-refractivity contribution is -0.139. The molecule has 9 nitrogen and oxygen atoms in total. The summed E-state index contributed by atoms with van der Waals surface area (Å²) in [6.45, 7) is 3.18. The number of rotatable bonds is 2. The predicted octanol–water partition coefficient (Wildman–Crippen LogP) is -0.0518. The van der Waals surface area contributed by atoms with Crippen LogP contribution in [0.15, 0.2) is 35.2 Å². The molecule has 4 aliphatic rings. The smallest absolute Gasteiger partial charge is 0.320 e. The maximum Gasteiger partial charge on any atom is 0.320 e. The number of ether oxygens (including phenoxy) is 1. The van der Waals surface area contributed by atoms with Gasteiger partial charge >= 0.3 is 6.03 Å². The van der Waals surface area contributed by atoms with E-state index >= 15 is 0 Å². The molecular weight excluding hydrogens is 408 g/mol. The highest BCUT2D eigenvalue weighted by atomic mass is 32.2. The summed E-state index contributed by atoms with van der Waals surface area (Å²) in [4.78, 5) is 28.6. The van der Waals surface area contributed by atoms with Crippen LogP contribution in [0.3, 0.4) is 0 Å². The first kappa shape index (κ1) is 19.8. The second kappa shape index (κ2) is 7.51. The molecule has 5 rings (SSSR count). The van der Waals surface area contributed by atoms with Gasteiger partial charge in [-0.05, 0) is 30.4 Å². The van der Waals surface area contributed by atoms with Crippen molar-refractivity contribution in [2.45, 2.75) is 23.5 Å². The van der Waals surface area contributed by atoms with Gasteiger partial charge in [0.25, 0.3) is 0 Å². The van der Waals surface area contributed by atoms with Crippen molar-refractivity contribution in [3.8, 4) is 0 Å². The maximum absolute atomic E-state index is 13.1. The van der Waals surface area contributed by atoms with Crippen molar-refractivity contribution in [1.82, 2.24) is 19.4 Å². The Morgan fingerprint density at radius 1 is 1.00 bits per heavy atom. The number of piperidine rings is 1. The average molecular weight is 435 g/mol. The molecule has 10 heteroatoms. The van der Waals surface area contributed by atoms with Crippen molar-refractivity contribution >= 4 is 22.0 Å². The van der Waals surface area contributed by atoms with Crippen LogP contribution in [0, 0.1) is 11.8 Å². The van der Waals surface area contributed by atoms with E-state index in [0.717, 1.165) is 0 Å². The van der Waals surface area contributed by atoms with Crippen LogP contribution in [-0.4, -0.2) is 92.5 Å². The normalized spacial score (nSPS) is 31.9. The molecule has 4 saturated heterocycles. The Hall–Kier alpha value is -2.17. The Labute approximate surface area is 176 Å². The summed E-state index contributed by atoms with van der Waals surface area (Å²) in [7, 11) is -3.49. The number of benzene rings is 1. The van der Waals surface area contributed by atoms with Gasteiger partial charge in [-0.15, -0.1) is 0 Å². The second-order valence-electron chi connectivity index (χ2n) is 8.60. The van der Waals surface area contributed by atoms with Gasteiger partial charge in [0.05, 0.1) is 17.0 Å². The molecule has 30 heavy (non-hydrogen) atoms. The van der Waals surface area contributed by atoms with Crippen LogP contribution in [0.5, 0.6) is 0 Å². The Morgan fingerprint density at radius 2 is 1.70 bits per heavy atom. The van der Waals surface area contributed by atoms with Gasteiger partial charge in [-0.2, -0.15) is 4.31 Å². The third-order valence-electron chi connectivity index (χ3n) is 6.70. The quantitative estimate of drug-likeness (QED) is 0.704. The monoisotopic (exact) mass is 434 g/mol. The molecule has 0 spiro atoms.